The molecule has 0 saturated heterocycles. The van der Waals surface area contributed by atoms with E-state index in [-0.39, 0.29) is 0 Å². The predicted molar refractivity (Wildman–Crippen MR) is 126 cm³/mol. The Morgan fingerprint density at radius 2 is 0.704 bits per heavy atom. The Labute approximate surface area is 174 Å². The topological polar surface area (TPSA) is 0 Å². The van der Waals surface area contributed by atoms with E-state index in [9.17, 15) is 0 Å². The highest BCUT2D eigenvalue weighted by Gasteiger charge is 2.08. The smallest absolute Gasteiger partial charge is 0.0414 e. The summed E-state index contributed by atoms with van der Waals surface area (Å²) in [4.78, 5) is 0. The molecule has 0 saturated carbocycles. The molecule has 1 radical (unpaired) electrons. The lowest BCUT2D eigenvalue weighted by atomic mass is 9.90. The number of rotatable bonds is 23. The van der Waals surface area contributed by atoms with E-state index in [2.05, 4.69) is 20.8 Å². The molecule has 0 aromatic carbocycles. The van der Waals surface area contributed by atoms with Crippen molar-refractivity contribution in [3.63, 3.8) is 0 Å². The highest BCUT2D eigenvalue weighted by Crippen LogP contribution is 2.24. The quantitative estimate of drug-likeness (QED) is 0.155. The summed E-state index contributed by atoms with van der Waals surface area (Å²) in [5.74, 6) is 1.00. The third kappa shape index (κ3) is 22.2. The minimum absolute atomic E-state index is 1.00. The van der Waals surface area contributed by atoms with Crippen LogP contribution in [0, 0.1) is 12.8 Å². The van der Waals surface area contributed by atoms with Gasteiger partial charge in [-0.05, 0) is 5.92 Å². The van der Waals surface area contributed by atoms with Gasteiger partial charge in [0, 0.05) is 0 Å². The second-order valence-electron chi connectivity index (χ2n) is 9.10. The molecular weight excluding hydrogens is 324 g/mol. The molecule has 0 nitrogen and oxygen atoms in total. The van der Waals surface area contributed by atoms with Gasteiger partial charge in [0.1, 0.15) is 0 Å². The van der Waals surface area contributed by atoms with Crippen LogP contribution in [0.5, 0.6) is 0 Å². The lowest BCUT2D eigenvalue weighted by molar-refractivity contribution is 0.372. The first-order valence-corrected chi connectivity index (χ1v) is 13.1. The van der Waals surface area contributed by atoms with Crippen LogP contribution in [-0.2, 0) is 0 Å². The van der Waals surface area contributed by atoms with Crippen LogP contribution in [0.4, 0.5) is 0 Å². The fourth-order valence-corrected chi connectivity index (χ4v) is 4.35. The molecule has 1 atom stereocenters. The van der Waals surface area contributed by atoms with Gasteiger partial charge in [-0.1, -0.05) is 168 Å². The SMILES string of the molecule is [CH2]CCCC(CCCCCCCCCC)CCCCCCCCCCCC. The average Bonchev–Trinajstić information content (AvgIpc) is 2.68. The highest BCUT2D eigenvalue weighted by atomic mass is 14.1. The fourth-order valence-electron chi connectivity index (χ4n) is 4.35. The summed E-state index contributed by atoms with van der Waals surface area (Å²) in [5.41, 5.74) is 0. The van der Waals surface area contributed by atoms with Crippen molar-refractivity contribution in [1.82, 2.24) is 0 Å². The van der Waals surface area contributed by atoms with Crippen molar-refractivity contribution < 1.29 is 0 Å². The zero-order valence-electron chi connectivity index (χ0n) is 19.5. The fraction of sp³-hybridized carbons (Fsp3) is 0.963. The van der Waals surface area contributed by atoms with Crippen LogP contribution in [-0.4, -0.2) is 0 Å². The zero-order chi connectivity index (χ0) is 19.8. The molecule has 0 spiro atoms. The first kappa shape index (κ1) is 27.0. The highest BCUT2D eigenvalue weighted by molar-refractivity contribution is 4.62. The second kappa shape index (κ2) is 24.0. The molecule has 0 rings (SSSR count). The summed E-state index contributed by atoms with van der Waals surface area (Å²) < 4.78 is 0. The van der Waals surface area contributed by atoms with Gasteiger partial charge in [-0.2, -0.15) is 0 Å². The van der Waals surface area contributed by atoms with Crippen LogP contribution in [0.25, 0.3) is 0 Å². The monoisotopic (exact) mass is 379 g/mol. The van der Waals surface area contributed by atoms with Crippen molar-refractivity contribution in [3.8, 4) is 0 Å². The van der Waals surface area contributed by atoms with Gasteiger partial charge in [0.05, 0.1) is 0 Å². The summed E-state index contributed by atoms with van der Waals surface area (Å²) in [6, 6.07) is 0. The molecular formula is C27H55. The molecule has 0 heterocycles. The van der Waals surface area contributed by atoms with Gasteiger partial charge in [-0.25, -0.2) is 0 Å². The normalized spacial score (nSPS) is 12.6. The molecule has 0 heteroatoms. The lowest BCUT2D eigenvalue weighted by Gasteiger charge is -2.16. The third-order valence-corrected chi connectivity index (χ3v) is 6.29. The van der Waals surface area contributed by atoms with E-state index in [1.54, 1.807) is 0 Å². The van der Waals surface area contributed by atoms with Crippen molar-refractivity contribution in [2.24, 2.45) is 5.92 Å². The Morgan fingerprint density at radius 1 is 0.407 bits per heavy atom. The Balaban J connectivity index is 3.52. The van der Waals surface area contributed by atoms with E-state index in [1.807, 2.05) is 0 Å². The molecule has 27 heavy (non-hydrogen) atoms. The first-order chi connectivity index (χ1) is 13.3. The molecule has 1 unspecified atom stereocenters. The van der Waals surface area contributed by atoms with E-state index in [1.165, 1.54) is 141 Å². The van der Waals surface area contributed by atoms with Crippen molar-refractivity contribution in [2.75, 3.05) is 0 Å². The lowest BCUT2D eigenvalue weighted by Crippen LogP contribution is -2.01. The molecule has 0 aliphatic rings. The second-order valence-corrected chi connectivity index (χ2v) is 9.10. The van der Waals surface area contributed by atoms with Crippen LogP contribution in [0.1, 0.15) is 162 Å². The van der Waals surface area contributed by atoms with Gasteiger partial charge in [0.2, 0.25) is 0 Å². The maximum atomic E-state index is 4.06. The maximum absolute atomic E-state index is 4.06. The third-order valence-electron chi connectivity index (χ3n) is 6.29. The number of unbranched alkanes of at least 4 members (excludes halogenated alkanes) is 17. The maximum Gasteiger partial charge on any atom is -0.0414 e. The molecule has 0 aromatic heterocycles. The number of hydrogen-bond donors (Lipinski definition) is 0. The summed E-state index contributed by atoms with van der Waals surface area (Å²) in [5, 5.41) is 0. The van der Waals surface area contributed by atoms with E-state index in [0.29, 0.717) is 0 Å². The summed E-state index contributed by atoms with van der Waals surface area (Å²) in [7, 11) is 0. The number of hydrogen-bond acceptors (Lipinski definition) is 0. The van der Waals surface area contributed by atoms with Crippen molar-refractivity contribution in [1.29, 1.82) is 0 Å². The van der Waals surface area contributed by atoms with Gasteiger partial charge in [0.15, 0.2) is 0 Å². The van der Waals surface area contributed by atoms with E-state index < -0.39 is 0 Å². The Kier molecular flexibility index (Phi) is 24.0. The van der Waals surface area contributed by atoms with Crippen LogP contribution in [0.15, 0.2) is 0 Å². The molecule has 0 amide bonds. The van der Waals surface area contributed by atoms with Crippen LogP contribution < -0.4 is 0 Å². The molecule has 0 aromatic rings. The Bertz CT molecular complexity index is 244. The van der Waals surface area contributed by atoms with Gasteiger partial charge in [-0.3, -0.25) is 0 Å². The molecule has 0 bridgehead atoms. The Hall–Kier alpha value is 0. The molecule has 163 valence electrons. The predicted octanol–water partition coefficient (Wildman–Crippen LogP) is 10.4. The van der Waals surface area contributed by atoms with Gasteiger partial charge >= 0.3 is 0 Å². The van der Waals surface area contributed by atoms with Crippen molar-refractivity contribution in [3.05, 3.63) is 6.92 Å². The van der Waals surface area contributed by atoms with Gasteiger partial charge < -0.3 is 0 Å². The standard InChI is InChI=1S/C27H55/c1-4-7-10-12-14-16-17-19-21-23-26-27(24-9-6-3)25-22-20-18-15-13-11-8-5-2/h27H,3-26H2,1-2H3. The summed E-state index contributed by atoms with van der Waals surface area (Å²) in [6.45, 7) is 8.67. The zero-order valence-corrected chi connectivity index (χ0v) is 19.5. The molecule has 0 aliphatic heterocycles. The van der Waals surface area contributed by atoms with Gasteiger partial charge in [-0.15, -0.1) is 0 Å². The van der Waals surface area contributed by atoms with Crippen LogP contribution >= 0.6 is 0 Å². The first-order valence-electron chi connectivity index (χ1n) is 13.1. The average molecular weight is 380 g/mol. The van der Waals surface area contributed by atoms with Crippen LogP contribution in [0.2, 0.25) is 0 Å². The van der Waals surface area contributed by atoms with E-state index in [4.69, 9.17) is 0 Å². The van der Waals surface area contributed by atoms with Gasteiger partial charge in [0.25, 0.3) is 0 Å². The summed E-state index contributed by atoms with van der Waals surface area (Å²) in [6.07, 6.45) is 33.2. The van der Waals surface area contributed by atoms with Crippen LogP contribution in [0.3, 0.4) is 0 Å². The molecule has 0 aliphatic carbocycles. The molecule has 0 fully saturated rings. The largest absolute Gasteiger partial charge is 0.0654 e. The van der Waals surface area contributed by atoms with E-state index >= 15 is 0 Å². The Morgan fingerprint density at radius 3 is 1.04 bits per heavy atom. The molecule has 0 N–H and O–H groups in total. The van der Waals surface area contributed by atoms with Crippen molar-refractivity contribution >= 4 is 0 Å². The summed E-state index contributed by atoms with van der Waals surface area (Å²) >= 11 is 0. The minimum Gasteiger partial charge on any atom is -0.0654 e. The minimum atomic E-state index is 1.00. The van der Waals surface area contributed by atoms with E-state index in [0.717, 1.165) is 12.3 Å². The van der Waals surface area contributed by atoms with Crippen molar-refractivity contribution in [2.45, 2.75) is 162 Å².